The molecule has 0 unspecified atom stereocenters. The number of hydrogen-bond donors (Lipinski definition) is 1. The number of rotatable bonds is 8. The number of esters is 1. The normalized spacial score (nSPS) is 18.1. The summed E-state index contributed by atoms with van der Waals surface area (Å²) in [6, 6.07) is 0. The summed E-state index contributed by atoms with van der Waals surface area (Å²) in [6.45, 7) is 34.9. The van der Waals surface area contributed by atoms with Crippen LogP contribution in [-0.2, 0) is 13.3 Å². The summed E-state index contributed by atoms with van der Waals surface area (Å²) >= 11 is -3.70. The van der Waals surface area contributed by atoms with E-state index in [1.54, 1.807) is 6.92 Å². The van der Waals surface area contributed by atoms with Crippen LogP contribution in [0.3, 0.4) is 0 Å². The molecule has 30 heavy (non-hydrogen) atoms. The van der Waals surface area contributed by atoms with Crippen molar-refractivity contribution >= 4 is 58.9 Å². The number of carbonyl (C=O) groups is 1. The monoisotopic (exact) mass is 550 g/mol. The predicted octanol–water partition coefficient (Wildman–Crippen LogP) is 4.42. The van der Waals surface area contributed by atoms with Crippen molar-refractivity contribution in [1.29, 1.82) is 0 Å². The van der Waals surface area contributed by atoms with Crippen LogP contribution in [0.15, 0.2) is 17.4 Å². The SMILES string of the molecule is C=C1[O][Ge]([N]([Si](C)(C)C)[Si](C)(C)C)([N]([Si](C)(C)C)[Si](C)(C)C)[NH]N=C1C(=O)OCC. The van der Waals surface area contributed by atoms with Crippen LogP contribution in [0.1, 0.15) is 6.92 Å². The van der Waals surface area contributed by atoms with Gasteiger partial charge in [0, 0.05) is 0 Å². The second-order valence-corrected chi connectivity index (χ2v) is 40.9. The van der Waals surface area contributed by atoms with Gasteiger partial charge in [-0.3, -0.25) is 0 Å². The van der Waals surface area contributed by atoms with E-state index in [-0.39, 0.29) is 5.71 Å². The van der Waals surface area contributed by atoms with E-state index < -0.39 is 53.2 Å². The molecule has 0 amide bonds. The summed E-state index contributed by atoms with van der Waals surface area (Å²) in [5, 5.41) is 4.63. The molecular weight excluding hydrogens is 505 g/mol. The molecule has 0 aliphatic carbocycles. The van der Waals surface area contributed by atoms with E-state index in [1.165, 1.54) is 0 Å². The van der Waals surface area contributed by atoms with Gasteiger partial charge in [0.2, 0.25) is 0 Å². The van der Waals surface area contributed by atoms with Crippen molar-refractivity contribution in [3.63, 3.8) is 0 Å². The number of ether oxygens (including phenoxy) is 1. The number of hydrazone groups is 1. The summed E-state index contributed by atoms with van der Waals surface area (Å²) in [5.74, 6) is -0.124. The molecule has 0 spiro atoms. The van der Waals surface area contributed by atoms with E-state index in [1.807, 2.05) is 0 Å². The molecular formula is C18H44GeN4O3Si4. The maximum atomic E-state index is 12.4. The Bertz CT molecular complexity index is 646. The quantitative estimate of drug-likeness (QED) is 0.357. The van der Waals surface area contributed by atoms with Gasteiger partial charge in [0.1, 0.15) is 0 Å². The summed E-state index contributed by atoms with van der Waals surface area (Å²) < 4.78 is 21.2. The third-order valence-electron chi connectivity index (χ3n) is 4.60. The van der Waals surface area contributed by atoms with Gasteiger partial charge in [-0.15, -0.1) is 0 Å². The first kappa shape index (κ1) is 27.8. The fraction of sp³-hybridized carbons (Fsp3) is 0.778. The van der Waals surface area contributed by atoms with Gasteiger partial charge in [0.25, 0.3) is 0 Å². The first-order valence-corrected chi connectivity index (χ1v) is 28.3. The minimum absolute atomic E-state index is 0.162. The van der Waals surface area contributed by atoms with Gasteiger partial charge in [0.15, 0.2) is 0 Å². The third kappa shape index (κ3) is 5.98. The first-order chi connectivity index (χ1) is 13.2. The van der Waals surface area contributed by atoms with E-state index in [9.17, 15) is 4.79 Å². The second-order valence-electron chi connectivity index (χ2n) is 11.8. The van der Waals surface area contributed by atoms with Gasteiger partial charge in [-0.25, -0.2) is 0 Å². The van der Waals surface area contributed by atoms with E-state index in [2.05, 4.69) is 101 Å². The summed E-state index contributed by atoms with van der Waals surface area (Å²) in [7, 11) is -7.32. The third-order valence-corrected chi connectivity index (χ3v) is 45.7. The second kappa shape index (κ2) is 8.98. The van der Waals surface area contributed by atoms with Crippen LogP contribution in [0, 0.1) is 0 Å². The molecule has 1 rings (SSSR count). The predicted molar refractivity (Wildman–Crippen MR) is 140 cm³/mol. The standard InChI is InChI=1S/C18H44GeN4O3Si4/c1-15-25-18(24)17-16(2)26-19(21-20-17,22(27(3,4)5)28(6,7)8)23(29(9,10)11)30(12,13)14/h21H,2,15H2,1,3-14H3. The van der Waals surface area contributed by atoms with Gasteiger partial charge < -0.3 is 0 Å². The van der Waals surface area contributed by atoms with Gasteiger partial charge in [-0.05, 0) is 0 Å². The van der Waals surface area contributed by atoms with E-state index in [4.69, 9.17) is 8.50 Å². The molecule has 0 radical (unpaired) electrons. The van der Waals surface area contributed by atoms with Gasteiger partial charge in [-0.2, -0.15) is 0 Å². The van der Waals surface area contributed by atoms with Gasteiger partial charge in [-0.1, -0.05) is 0 Å². The Balaban J connectivity index is 3.88. The van der Waals surface area contributed by atoms with Crippen molar-refractivity contribution in [2.45, 2.75) is 85.5 Å². The Morgan fingerprint density at radius 3 is 1.57 bits per heavy atom. The molecule has 0 bridgehead atoms. The first-order valence-electron chi connectivity index (χ1n) is 10.7. The zero-order chi connectivity index (χ0) is 23.9. The number of carbonyl (C=O) groups excluding carboxylic acids is 1. The Labute approximate surface area is 192 Å². The molecule has 1 aliphatic rings. The summed E-state index contributed by atoms with van der Waals surface area (Å²) in [4.78, 5) is 12.4. The average Bonchev–Trinajstić information content (AvgIpc) is 2.40. The van der Waals surface area contributed by atoms with Crippen LogP contribution in [-0.4, -0.2) is 71.9 Å². The fourth-order valence-electron chi connectivity index (χ4n) is 4.92. The summed E-state index contributed by atoms with van der Waals surface area (Å²) in [6.07, 6.45) is 0. The number of nitrogens with one attached hydrogen (secondary N) is 1. The van der Waals surface area contributed by atoms with Crippen LogP contribution in [0.2, 0.25) is 78.6 Å². The number of nitrogens with zero attached hydrogens (tertiary/aromatic N) is 3. The fourth-order valence-corrected chi connectivity index (χ4v) is 56.5. The molecule has 0 aromatic rings. The molecule has 0 saturated carbocycles. The Hall–Kier alpha value is -0.190. The molecule has 1 N–H and O–H groups in total. The Morgan fingerprint density at radius 1 is 0.933 bits per heavy atom. The van der Waals surface area contributed by atoms with Crippen LogP contribution in [0.5, 0.6) is 0 Å². The minimum atomic E-state index is -3.70. The van der Waals surface area contributed by atoms with Crippen molar-refractivity contribution in [3.05, 3.63) is 12.3 Å². The van der Waals surface area contributed by atoms with Gasteiger partial charge >= 0.3 is 192 Å². The van der Waals surface area contributed by atoms with Crippen LogP contribution in [0.4, 0.5) is 0 Å². The maximum absolute atomic E-state index is 12.4. The molecule has 1 aliphatic heterocycles. The van der Waals surface area contributed by atoms with Gasteiger partial charge in [0.05, 0.1) is 0 Å². The molecule has 0 fully saturated rings. The molecule has 0 saturated heterocycles. The molecule has 174 valence electrons. The Kier molecular flexibility index (Phi) is 8.34. The molecule has 0 aromatic heterocycles. The number of hydrogen-bond acceptors (Lipinski definition) is 7. The molecule has 0 aromatic carbocycles. The van der Waals surface area contributed by atoms with Crippen LogP contribution < -0.4 is 4.38 Å². The molecule has 1 heterocycles. The van der Waals surface area contributed by atoms with E-state index in [0.717, 1.165) is 0 Å². The van der Waals surface area contributed by atoms with Crippen molar-refractivity contribution in [2.24, 2.45) is 5.10 Å². The van der Waals surface area contributed by atoms with Crippen LogP contribution >= 0.6 is 0 Å². The van der Waals surface area contributed by atoms with Crippen molar-refractivity contribution in [2.75, 3.05) is 6.61 Å². The van der Waals surface area contributed by atoms with Crippen molar-refractivity contribution in [1.82, 2.24) is 10.8 Å². The van der Waals surface area contributed by atoms with E-state index >= 15 is 0 Å². The molecule has 7 nitrogen and oxygen atoms in total. The van der Waals surface area contributed by atoms with E-state index in [0.29, 0.717) is 12.4 Å². The Morgan fingerprint density at radius 2 is 1.30 bits per heavy atom. The zero-order valence-electron chi connectivity index (χ0n) is 21.5. The molecule has 12 heteroatoms. The topological polar surface area (TPSA) is 66.4 Å². The summed E-state index contributed by atoms with van der Waals surface area (Å²) in [5.41, 5.74) is 0.162. The van der Waals surface area contributed by atoms with Crippen molar-refractivity contribution in [3.8, 4) is 0 Å². The molecule has 0 atom stereocenters. The average molecular weight is 550 g/mol. The van der Waals surface area contributed by atoms with Crippen LogP contribution in [0.25, 0.3) is 0 Å². The van der Waals surface area contributed by atoms with Crippen molar-refractivity contribution < 1.29 is 13.3 Å². The zero-order valence-corrected chi connectivity index (χ0v) is 27.6.